The molecule has 456 valence electrons. The van der Waals surface area contributed by atoms with Crippen LogP contribution in [0.25, 0.3) is 0 Å². The monoisotopic (exact) mass is 1250 g/mol. The molecule has 10 rings (SSSR count). The van der Waals surface area contributed by atoms with Gasteiger partial charge >= 0.3 is 0 Å². The molecule has 6 N–H and O–H groups in total. The first kappa shape index (κ1) is 65.3. The summed E-state index contributed by atoms with van der Waals surface area (Å²) >= 11 is 0. The van der Waals surface area contributed by atoms with Crippen LogP contribution in [0.5, 0.6) is 11.5 Å². The van der Waals surface area contributed by atoms with Gasteiger partial charge in [0.15, 0.2) is 23.3 Å². The Labute approximate surface area is 487 Å². The molecule has 22 nitrogen and oxygen atoms in total. The zero-order chi connectivity index (χ0) is 61.0. The van der Waals surface area contributed by atoms with E-state index in [1.807, 2.05) is 38.1 Å². The van der Waals surface area contributed by atoms with Crippen LogP contribution in [-0.2, 0) is 53.2 Å². The van der Waals surface area contributed by atoms with E-state index in [9.17, 15) is 51.2 Å². The van der Waals surface area contributed by atoms with Crippen molar-refractivity contribution < 1.29 is 60.7 Å². The SMILES string of the molecule is COc1ccc(CNS(=O)(=O)[C@@H]2CCC[C@@H]2c2ncc(F)cn2)c(C)c1.COc1ccc(CNS(=O)(=O)[C@H]2CCC[C@H]2c2ncc(F)cn2)c(C)c1.NS(=O)(=O)[C@@H]1CCC[C@@H]1c1ncc(F)cn1.NS(=O)(=O)[C@H]1CCC[C@H]1c1ncc(F)cn1. The van der Waals surface area contributed by atoms with Gasteiger partial charge in [0.25, 0.3) is 0 Å². The van der Waals surface area contributed by atoms with E-state index in [2.05, 4.69) is 49.3 Å². The number of benzene rings is 2. The maximum absolute atomic E-state index is 13.0. The van der Waals surface area contributed by atoms with Crippen molar-refractivity contribution in [2.24, 2.45) is 10.3 Å². The summed E-state index contributed by atoms with van der Waals surface area (Å²) in [6.45, 7) is 4.26. The quantitative estimate of drug-likeness (QED) is 0.0755. The number of nitrogens with two attached hydrogens (primary N) is 2. The Bertz CT molecular complexity index is 3390. The summed E-state index contributed by atoms with van der Waals surface area (Å²) in [6, 6.07) is 11.1. The van der Waals surface area contributed by atoms with Crippen LogP contribution in [-0.4, -0.2) is 109 Å². The number of aromatic nitrogens is 8. The Morgan fingerprint density at radius 3 is 0.917 bits per heavy atom. The van der Waals surface area contributed by atoms with E-state index < -0.39 is 84.4 Å². The van der Waals surface area contributed by atoms with Gasteiger partial charge in [0.2, 0.25) is 40.1 Å². The van der Waals surface area contributed by atoms with Gasteiger partial charge in [0, 0.05) is 36.8 Å². The molecule has 0 aliphatic heterocycles. The maximum Gasteiger partial charge on any atom is 0.215 e. The molecule has 4 aliphatic rings. The summed E-state index contributed by atoms with van der Waals surface area (Å²) in [6.07, 6.45) is 16.4. The lowest BCUT2D eigenvalue weighted by Crippen LogP contribution is -2.36. The molecule has 0 radical (unpaired) electrons. The molecule has 30 heteroatoms. The highest BCUT2D eigenvalue weighted by Gasteiger charge is 2.42. The molecule has 4 aromatic heterocycles. The van der Waals surface area contributed by atoms with Gasteiger partial charge in [-0.05, 0) is 112 Å². The first-order valence-electron chi connectivity index (χ1n) is 26.9. The number of aryl methyl sites for hydroxylation is 2. The van der Waals surface area contributed by atoms with Crippen LogP contribution < -0.4 is 29.2 Å². The molecule has 4 saturated carbocycles. The molecule has 0 unspecified atom stereocenters. The lowest BCUT2D eigenvalue weighted by molar-refractivity contribution is 0.414. The van der Waals surface area contributed by atoms with Gasteiger partial charge in [-0.3, -0.25) is 0 Å². The van der Waals surface area contributed by atoms with Crippen molar-refractivity contribution in [1.29, 1.82) is 0 Å². The Kier molecular flexibility index (Phi) is 22.3. The molecule has 6 aromatic rings. The summed E-state index contributed by atoms with van der Waals surface area (Å²) in [5.74, 6) is -0.407. The van der Waals surface area contributed by atoms with Crippen molar-refractivity contribution in [1.82, 2.24) is 49.3 Å². The number of primary sulfonamides is 2. The van der Waals surface area contributed by atoms with E-state index in [4.69, 9.17) is 19.8 Å². The van der Waals surface area contributed by atoms with Crippen LogP contribution in [0.15, 0.2) is 86.0 Å². The van der Waals surface area contributed by atoms with Gasteiger partial charge in [-0.25, -0.2) is 111 Å². The van der Waals surface area contributed by atoms with Gasteiger partial charge in [0.05, 0.1) is 84.8 Å². The molecular formula is C54H68F4N12O10S4. The number of hydrogen-bond acceptors (Lipinski definition) is 18. The lowest BCUT2D eigenvalue weighted by atomic mass is 10.1. The third-order valence-corrected chi connectivity index (χ3v) is 22.0. The fraction of sp³-hybridized carbons (Fsp3) is 0.481. The molecule has 8 atom stereocenters. The highest BCUT2D eigenvalue weighted by Crippen LogP contribution is 2.40. The zero-order valence-corrected chi connectivity index (χ0v) is 49.8. The summed E-state index contributed by atoms with van der Waals surface area (Å²) in [4.78, 5) is 31.2. The Morgan fingerprint density at radius 2 is 0.679 bits per heavy atom. The van der Waals surface area contributed by atoms with Crippen molar-refractivity contribution in [2.45, 2.75) is 149 Å². The molecule has 4 heterocycles. The Balaban J connectivity index is 0.000000165. The smallest absolute Gasteiger partial charge is 0.215 e. The number of hydrogen-bond donors (Lipinski definition) is 4. The molecule has 4 aliphatic carbocycles. The number of nitrogens with one attached hydrogen (secondary N) is 2. The average Bonchev–Trinajstić information content (AvgIpc) is 3.88. The molecular weight excluding hydrogens is 1180 g/mol. The summed E-state index contributed by atoms with van der Waals surface area (Å²) < 4.78 is 164. The van der Waals surface area contributed by atoms with Crippen molar-refractivity contribution in [2.75, 3.05) is 14.2 Å². The number of ether oxygens (including phenoxy) is 2. The van der Waals surface area contributed by atoms with Gasteiger partial charge < -0.3 is 9.47 Å². The molecule has 0 amide bonds. The van der Waals surface area contributed by atoms with E-state index in [1.165, 1.54) is 0 Å². The van der Waals surface area contributed by atoms with Crippen LogP contribution in [0.4, 0.5) is 17.6 Å². The highest BCUT2D eigenvalue weighted by atomic mass is 32.2. The molecule has 2 aromatic carbocycles. The zero-order valence-electron chi connectivity index (χ0n) is 46.6. The molecule has 84 heavy (non-hydrogen) atoms. The lowest BCUT2D eigenvalue weighted by Gasteiger charge is -2.19. The normalized spacial score (nSPS) is 22.4. The summed E-state index contributed by atoms with van der Waals surface area (Å²) in [5.41, 5.74) is 3.69. The van der Waals surface area contributed by atoms with Crippen molar-refractivity contribution in [3.63, 3.8) is 0 Å². The van der Waals surface area contributed by atoms with Crippen LogP contribution in [0.3, 0.4) is 0 Å². The number of methoxy groups -OCH3 is 2. The fourth-order valence-electron chi connectivity index (χ4n) is 11.0. The number of halogens is 4. The first-order valence-corrected chi connectivity index (χ1v) is 33.3. The molecule has 0 saturated heterocycles. The number of rotatable bonds is 16. The third kappa shape index (κ3) is 17.4. The standard InChI is InChI=1S/2C18H22FN3O3S.2C9H12FN3O2S/c2*1-12-8-15(25-2)7-6-13(12)9-22-26(23,24)17-5-3-4-16(17)18-20-10-14(19)11-21-18;2*10-6-4-12-9(13-5-6)7-2-1-3-8(7)16(11,14)15/h2*6-8,10-11,16-17,22H,3-5,9H2,1-2H3;2*4-5,7-8H,1-3H2,(H2,11,14,15)/t2*16-,17+;2*7-,8+/m1010/s1. The van der Waals surface area contributed by atoms with E-state index in [-0.39, 0.29) is 36.8 Å². The van der Waals surface area contributed by atoms with Crippen LogP contribution in [0.2, 0.25) is 0 Å². The van der Waals surface area contributed by atoms with Gasteiger partial charge in [-0.15, -0.1) is 0 Å². The minimum absolute atomic E-state index is 0.214. The van der Waals surface area contributed by atoms with Crippen LogP contribution in [0, 0.1) is 37.1 Å². The summed E-state index contributed by atoms with van der Waals surface area (Å²) in [5, 5.41) is 7.79. The van der Waals surface area contributed by atoms with E-state index >= 15 is 0 Å². The first-order chi connectivity index (χ1) is 39.8. The average molecular weight is 1250 g/mol. The van der Waals surface area contributed by atoms with Crippen LogP contribution in [0.1, 0.15) is 146 Å². The van der Waals surface area contributed by atoms with Crippen LogP contribution >= 0.6 is 0 Å². The second-order valence-electron chi connectivity index (χ2n) is 20.8. The van der Waals surface area contributed by atoms with E-state index in [0.717, 1.165) is 109 Å². The molecule has 0 bridgehead atoms. The van der Waals surface area contributed by atoms with Crippen molar-refractivity contribution in [3.05, 3.63) is 155 Å². The van der Waals surface area contributed by atoms with Gasteiger partial charge in [0.1, 0.15) is 34.8 Å². The van der Waals surface area contributed by atoms with Crippen molar-refractivity contribution in [3.8, 4) is 11.5 Å². The second-order valence-corrected chi connectivity index (χ2v) is 28.4. The number of sulfonamides is 4. The predicted molar refractivity (Wildman–Crippen MR) is 303 cm³/mol. The topological polar surface area (TPSA) is 334 Å². The predicted octanol–water partition coefficient (Wildman–Crippen LogP) is 6.46. The van der Waals surface area contributed by atoms with E-state index in [1.54, 1.807) is 26.4 Å². The Morgan fingerprint density at radius 1 is 0.429 bits per heavy atom. The minimum atomic E-state index is -3.58. The highest BCUT2D eigenvalue weighted by molar-refractivity contribution is 7.90. The largest absolute Gasteiger partial charge is 0.497 e. The van der Waals surface area contributed by atoms with E-state index in [0.29, 0.717) is 74.7 Å². The maximum atomic E-state index is 13.0. The van der Waals surface area contributed by atoms with Crippen molar-refractivity contribution >= 4 is 40.1 Å². The fourth-order valence-corrected chi connectivity index (χ4v) is 16.9. The van der Waals surface area contributed by atoms with Gasteiger partial charge in [-0.1, -0.05) is 37.8 Å². The minimum Gasteiger partial charge on any atom is -0.497 e. The Hall–Kier alpha value is -6.28. The molecule has 4 fully saturated rings. The van der Waals surface area contributed by atoms with Gasteiger partial charge in [-0.2, -0.15) is 0 Å². The third-order valence-electron chi connectivity index (χ3n) is 15.4. The molecule has 0 spiro atoms. The second kappa shape index (κ2) is 28.7. The number of nitrogens with zero attached hydrogens (tertiary/aromatic N) is 8. The summed E-state index contributed by atoms with van der Waals surface area (Å²) in [7, 11) is -11.1.